The number of thiazole rings is 1. The van der Waals surface area contributed by atoms with E-state index < -0.39 is 5.97 Å². The van der Waals surface area contributed by atoms with Gasteiger partial charge in [0.25, 0.3) is 0 Å². The molecule has 0 radical (unpaired) electrons. The lowest BCUT2D eigenvalue weighted by Gasteiger charge is -2.03. The van der Waals surface area contributed by atoms with E-state index in [1.807, 2.05) is 6.07 Å². The van der Waals surface area contributed by atoms with Crippen molar-refractivity contribution >= 4 is 28.9 Å². The molecule has 2 N–H and O–H groups in total. The SMILES string of the molecule is NCc1nc(C(=O)OCc2cccc(Cl)c2)cs1. The molecule has 2 rings (SSSR count). The van der Waals surface area contributed by atoms with Crippen LogP contribution in [0.5, 0.6) is 0 Å². The lowest BCUT2D eigenvalue weighted by Crippen LogP contribution is -2.06. The molecule has 0 fully saturated rings. The van der Waals surface area contributed by atoms with Gasteiger partial charge in [-0.15, -0.1) is 11.3 Å². The molecule has 6 heteroatoms. The van der Waals surface area contributed by atoms with Gasteiger partial charge in [0.05, 0.1) is 0 Å². The fourth-order valence-electron chi connectivity index (χ4n) is 1.35. The highest BCUT2D eigenvalue weighted by atomic mass is 35.5. The number of nitrogens with two attached hydrogens (primary N) is 1. The maximum Gasteiger partial charge on any atom is 0.358 e. The van der Waals surface area contributed by atoms with Gasteiger partial charge in [-0.05, 0) is 17.7 Å². The summed E-state index contributed by atoms with van der Waals surface area (Å²) in [6, 6.07) is 7.16. The molecule has 94 valence electrons. The third-order valence-electron chi connectivity index (χ3n) is 2.19. The van der Waals surface area contributed by atoms with Crippen LogP contribution in [0.4, 0.5) is 0 Å². The van der Waals surface area contributed by atoms with E-state index in [4.69, 9.17) is 22.1 Å². The van der Waals surface area contributed by atoms with Gasteiger partial charge in [-0.25, -0.2) is 9.78 Å². The van der Waals surface area contributed by atoms with Crippen LogP contribution in [0.15, 0.2) is 29.6 Å². The van der Waals surface area contributed by atoms with Crippen molar-refractivity contribution in [1.82, 2.24) is 4.98 Å². The summed E-state index contributed by atoms with van der Waals surface area (Å²) in [5.41, 5.74) is 6.56. The van der Waals surface area contributed by atoms with Crippen LogP contribution in [0.1, 0.15) is 21.1 Å². The quantitative estimate of drug-likeness (QED) is 0.876. The van der Waals surface area contributed by atoms with Gasteiger partial charge in [-0.3, -0.25) is 0 Å². The smallest absolute Gasteiger partial charge is 0.358 e. The summed E-state index contributed by atoms with van der Waals surface area (Å²) in [5, 5.41) is 2.97. The van der Waals surface area contributed by atoms with Gasteiger partial charge < -0.3 is 10.5 Å². The molecule has 0 aliphatic carbocycles. The van der Waals surface area contributed by atoms with Crippen molar-refractivity contribution < 1.29 is 9.53 Å². The Hall–Kier alpha value is -1.43. The van der Waals surface area contributed by atoms with E-state index in [0.717, 1.165) is 5.56 Å². The standard InChI is InChI=1S/C12H11ClN2O2S/c13-9-3-1-2-8(4-9)6-17-12(16)10-7-18-11(5-14)15-10/h1-4,7H,5-6,14H2. The Morgan fingerprint density at radius 2 is 2.33 bits per heavy atom. The second-order valence-corrected chi connectivity index (χ2v) is 4.92. The number of nitrogens with zero attached hydrogens (tertiary/aromatic N) is 1. The van der Waals surface area contributed by atoms with Gasteiger partial charge in [0.1, 0.15) is 11.6 Å². The van der Waals surface area contributed by atoms with Gasteiger partial charge in [-0.1, -0.05) is 23.7 Å². The maximum absolute atomic E-state index is 11.7. The first-order valence-electron chi connectivity index (χ1n) is 5.25. The molecule has 0 amide bonds. The van der Waals surface area contributed by atoms with Crippen molar-refractivity contribution in [1.29, 1.82) is 0 Å². The maximum atomic E-state index is 11.7. The zero-order valence-electron chi connectivity index (χ0n) is 9.43. The molecule has 0 aliphatic heterocycles. The summed E-state index contributed by atoms with van der Waals surface area (Å²) in [6.45, 7) is 0.501. The Morgan fingerprint density at radius 3 is 3.00 bits per heavy atom. The average Bonchev–Trinajstić information content (AvgIpc) is 2.85. The van der Waals surface area contributed by atoms with Crippen LogP contribution in [-0.4, -0.2) is 11.0 Å². The number of aromatic nitrogens is 1. The van der Waals surface area contributed by atoms with Crippen LogP contribution in [0.2, 0.25) is 5.02 Å². The molecule has 0 atom stereocenters. The number of hydrogen-bond acceptors (Lipinski definition) is 5. The first kappa shape index (κ1) is 13.0. The Balaban J connectivity index is 1.96. The van der Waals surface area contributed by atoms with E-state index in [9.17, 15) is 4.79 Å². The third kappa shape index (κ3) is 3.29. The molecule has 18 heavy (non-hydrogen) atoms. The number of carbonyl (C=O) groups excluding carboxylic acids is 1. The summed E-state index contributed by atoms with van der Waals surface area (Å²) in [7, 11) is 0. The van der Waals surface area contributed by atoms with E-state index in [0.29, 0.717) is 22.3 Å². The van der Waals surface area contributed by atoms with E-state index in [2.05, 4.69) is 4.98 Å². The fourth-order valence-corrected chi connectivity index (χ4v) is 2.20. The van der Waals surface area contributed by atoms with Gasteiger partial charge in [0.2, 0.25) is 0 Å². The summed E-state index contributed by atoms with van der Waals surface area (Å²) < 4.78 is 5.13. The van der Waals surface area contributed by atoms with Crippen molar-refractivity contribution in [3.05, 3.63) is 50.9 Å². The topological polar surface area (TPSA) is 65.2 Å². The molecule has 0 saturated heterocycles. The van der Waals surface area contributed by atoms with Crippen LogP contribution in [0.3, 0.4) is 0 Å². The minimum atomic E-state index is -0.453. The first-order chi connectivity index (χ1) is 8.69. The van der Waals surface area contributed by atoms with E-state index in [1.54, 1.807) is 23.6 Å². The second kappa shape index (κ2) is 5.95. The highest BCUT2D eigenvalue weighted by Gasteiger charge is 2.11. The van der Waals surface area contributed by atoms with Crippen LogP contribution < -0.4 is 5.73 Å². The van der Waals surface area contributed by atoms with Crippen LogP contribution >= 0.6 is 22.9 Å². The van der Waals surface area contributed by atoms with Gasteiger partial charge in [-0.2, -0.15) is 0 Å². The normalized spacial score (nSPS) is 10.3. The zero-order chi connectivity index (χ0) is 13.0. The first-order valence-corrected chi connectivity index (χ1v) is 6.51. The number of rotatable bonds is 4. The Kier molecular flexibility index (Phi) is 4.30. The Morgan fingerprint density at radius 1 is 1.50 bits per heavy atom. The minimum Gasteiger partial charge on any atom is -0.456 e. The number of halogens is 1. The summed E-state index contributed by atoms with van der Waals surface area (Å²) in [6.07, 6.45) is 0. The molecular formula is C12H11ClN2O2S. The van der Waals surface area contributed by atoms with Gasteiger partial charge in [0.15, 0.2) is 5.69 Å². The molecule has 4 nitrogen and oxygen atoms in total. The molecule has 0 spiro atoms. The predicted molar refractivity (Wildman–Crippen MR) is 70.6 cm³/mol. The van der Waals surface area contributed by atoms with Crippen molar-refractivity contribution in [2.45, 2.75) is 13.2 Å². The van der Waals surface area contributed by atoms with Crippen LogP contribution in [-0.2, 0) is 17.9 Å². The van der Waals surface area contributed by atoms with Crippen molar-refractivity contribution in [3.63, 3.8) is 0 Å². The second-order valence-electron chi connectivity index (χ2n) is 3.54. The molecule has 0 unspecified atom stereocenters. The monoisotopic (exact) mass is 282 g/mol. The molecule has 1 aromatic carbocycles. The number of esters is 1. The van der Waals surface area contributed by atoms with Gasteiger partial charge >= 0.3 is 5.97 Å². The van der Waals surface area contributed by atoms with E-state index >= 15 is 0 Å². The summed E-state index contributed by atoms with van der Waals surface area (Å²) in [4.78, 5) is 15.7. The van der Waals surface area contributed by atoms with E-state index in [-0.39, 0.29) is 6.61 Å². The number of ether oxygens (including phenoxy) is 1. The molecule has 0 saturated carbocycles. The average molecular weight is 283 g/mol. The number of hydrogen-bond donors (Lipinski definition) is 1. The summed E-state index contributed by atoms with van der Waals surface area (Å²) in [5.74, 6) is -0.453. The lowest BCUT2D eigenvalue weighted by atomic mass is 10.2. The third-order valence-corrected chi connectivity index (χ3v) is 3.30. The summed E-state index contributed by atoms with van der Waals surface area (Å²) >= 11 is 7.18. The Labute approximate surface area is 113 Å². The van der Waals surface area contributed by atoms with Crippen molar-refractivity contribution in [3.8, 4) is 0 Å². The van der Waals surface area contributed by atoms with Crippen molar-refractivity contribution in [2.24, 2.45) is 5.73 Å². The van der Waals surface area contributed by atoms with Crippen molar-refractivity contribution in [2.75, 3.05) is 0 Å². The van der Waals surface area contributed by atoms with Crippen LogP contribution in [0, 0.1) is 0 Å². The minimum absolute atomic E-state index is 0.175. The van der Waals surface area contributed by atoms with Gasteiger partial charge in [0, 0.05) is 16.9 Å². The largest absolute Gasteiger partial charge is 0.456 e. The highest BCUT2D eigenvalue weighted by molar-refractivity contribution is 7.09. The molecular weight excluding hydrogens is 272 g/mol. The molecule has 1 heterocycles. The number of benzene rings is 1. The predicted octanol–water partition coefficient (Wildman–Crippen LogP) is 2.61. The lowest BCUT2D eigenvalue weighted by molar-refractivity contribution is 0.0466. The number of carbonyl (C=O) groups is 1. The Bertz CT molecular complexity index is 557. The highest BCUT2D eigenvalue weighted by Crippen LogP contribution is 2.13. The fraction of sp³-hybridized carbons (Fsp3) is 0.167. The van der Waals surface area contributed by atoms with Crippen LogP contribution in [0.25, 0.3) is 0 Å². The molecule has 1 aromatic heterocycles. The molecule has 2 aromatic rings. The molecule has 0 bridgehead atoms. The molecule has 0 aliphatic rings. The van der Waals surface area contributed by atoms with E-state index in [1.165, 1.54) is 11.3 Å². The zero-order valence-corrected chi connectivity index (χ0v) is 11.0.